The van der Waals surface area contributed by atoms with Crippen LogP contribution in [0.15, 0.2) is 53.1 Å². The summed E-state index contributed by atoms with van der Waals surface area (Å²) in [5.41, 5.74) is 5.50. The lowest BCUT2D eigenvalue weighted by atomic mass is 10.1. The number of nitrogens with zero attached hydrogens (tertiary/aromatic N) is 1. The second-order valence-electron chi connectivity index (χ2n) is 7.94. The van der Waals surface area contributed by atoms with Crippen LogP contribution in [0, 0.1) is 27.7 Å². The Balaban J connectivity index is 1.69. The number of rotatable bonds is 6. The van der Waals surface area contributed by atoms with E-state index >= 15 is 0 Å². The normalized spacial score (nSPS) is 10.5. The molecule has 2 N–H and O–H groups in total. The SMILES string of the molecule is Cc1cc(C)c(NC(=O)CN(C)C(=O)c2ccc(C)c(NC(=O)c3ccco3)c2)c(C)c1. The van der Waals surface area contributed by atoms with Crippen molar-refractivity contribution in [1.82, 2.24) is 4.90 Å². The maximum atomic E-state index is 12.9. The molecule has 7 nitrogen and oxygen atoms in total. The van der Waals surface area contributed by atoms with Crippen molar-refractivity contribution in [1.29, 1.82) is 0 Å². The van der Waals surface area contributed by atoms with Crippen LogP contribution in [0.1, 0.15) is 43.2 Å². The van der Waals surface area contributed by atoms with Crippen molar-refractivity contribution in [3.63, 3.8) is 0 Å². The van der Waals surface area contributed by atoms with Crippen LogP contribution in [0.3, 0.4) is 0 Å². The molecule has 0 aliphatic heterocycles. The Morgan fingerprint density at radius 3 is 2.22 bits per heavy atom. The average Bonchev–Trinajstić information content (AvgIpc) is 3.26. The summed E-state index contributed by atoms with van der Waals surface area (Å²) in [7, 11) is 1.57. The molecule has 3 rings (SSSR count). The lowest BCUT2D eigenvalue weighted by Gasteiger charge is -2.19. The summed E-state index contributed by atoms with van der Waals surface area (Å²) < 4.78 is 5.11. The van der Waals surface area contributed by atoms with E-state index in [-0.39, 0.29) is 24.1 Å². The van der Waals surface area contributed by atoms with E-state index in [0.29, 0.717) is 11.3 Å². The maximum Gasteiger partial charge on any atom is 0.291 e. The zero-order valence-electron chi connectivity index (χ0n) is 18.9. The van der Waals surface area contributed by atoms with Gasteiger partial charge in [0.05, 0.1) is 12.8 Å². The fourth-order valence-electron chi connectivity index (χ4n) is 3.55. The van der Waals surface area contributed by atoms with Crippen molar-refractivity contribution >= 4 is 29.1 Å². The number of anilines is 2. The summed E-state index contributed by atoms with van der Waals surface area (Å²) >= 11 is 0. The molecule has 0 aliphatic carbocycles. The van der Waals surface area contributed by atoms with Crippen molar-refractivity contribution in [3.8, 4) is 0 Å². The molecule has 0 atom stereocenters. The molecule has 166 valence electrons. The number of carbonyl (C=O) groups excluding carboxylic acids is 3. The fraction of sp³-hybridized carbons (Fsp3) is 0.240. The van der Waals surface area contributed by atoms with Crippen LogP contribution >= 0.6 is 0 Å². The van der Waals surface area contributed by atoms with Gasteiger partial charge < -0.3 is 20.0 Å². The topological polar surface area (TPSA) is 91.7 Å². The van der Waals surface area contributed by atoms with Crippen LogP contribution in [0.2, 0.25) is 0 Å². The molecule has 0 saturated heterocycles. The number of carbonyl (C=O) groups is 3. The molecule has 0 radical (unpaired) electrons. The van der Waals surface area contributed by atoms with E-state index in [4.69, 9.17) is 4.42 Å². The Hall–Kier alpha value is -3.87. The second-order valence-corrected chi connectivity index (χ2v) is 7.94. The minimum absolute atomic E-state index is 0.104. The molecule has 3 aromatic rings. The van der Waals surface area contributed by atoms with Gasteiger partial charge in [-0.25, -0.2) is 0 Å². The Kier molecular flexibility index (Phi) is 6.78. The van der Waals surface area contributed by atoms with E-state index in [1.54, 1.807) is 37.4 Å². The van der Waals surface area contributed by atoms with Gasteiger partial charge in [-0.15, -0.1) is 0 Å². The third-order valence-electron chi connectivity index (χ3n) is 5.15. The minimum atomic E-state index is -0.403. The Bertz CT molecular complexity index is 1140. The molecule has 2 aromatic carbocycles. The summed E-state index contributed by atoms with van der Waals surface area (Å²) in [5, 5.41) is 5.66. The summed E-state index contributed by atoms with van der Waals surface area (Å²) in [4.78, 5) is 39.1. The molecule has 0 unspecified atom stereocenters. The van der Waals surface area contributed by atoms with Gasteiger partial charge in [-0.2, -0.15) is 0 Å². The number of nitrogens with one attached hydrogen (secondary N) is 2. The smallest absolute Gasteiger partial charge is 0.291 e. The third kappa shape index (κ3) is 5.24. The molecular formula is C25H27N3O4. The highest BCUT2D eigenvalue weighted by atomic mass is 16.3. The Morgan fingerprint density at radius 2 is 1.59 bits per heavy atom. The molecule has 32 heavy (non-hydrogen) atoms. The first-order chi connectivity index (χ1) is 15.2. The van der Waals surface area contributed by atoms with Crippen LogP contribution in [0.25, 0.3) is 0 Å². The molecule has 1 aromatic heterocycles. The van der Waals surface area contributed by atoms with Crippen LogP contribution in [0.5, 0.6) is 0 Å². The summed E-state index contributed by atoms with van der Waals surface area (Å²) in [6.07, 6.45) is 1.42. The van der Waals surface area contributed by atoms with Crippen LogP contribution in [0.4, 0.5) is 11.4 Å². The van der Waals surface area contributed by atoms with E-state index < -0.39 is 5.91 Å². The number of furan rings is 1. The molecule has 3 amide bonds. The second kappa shape index (κ2) is 9.51. The van der Waals surface area contributed by atoms with Crippen molar-refractivity contribution in [2.24, 2.45) is 0 Å². The minimum Gasteiger partial charge on any atom is -0.459 e. The van der Waals surface area contributed by atoms with Crippen LogP contribution < -0.4 is 10.6 Å². The molecular weight excluding hydrogens is 406 g/mol. The van der Waals surface area contributed by atoms with E-state index in [1.165, 1.54) is 11.2 Å². The Morgan fingerprint density at radius 1 is 0.906 bits per heavy atom. The first-order valence-corrected chi connectivity index (χ1v) is 10.2. The van der Waals surface area contributed by atoms with Gasteiger partial charge in [0.15, 0.2) is 5.76 Å². The van der Waals surface area contributed by atoms with Gasteiger partial charge in [0.1, 0.15) is 0 Å². The highest BCUT2D eigenvalue weighted by Gasteiger charge is 2.18. The van der Waals surface area contributed by atoms with Gasteiger partial charge in [-0.3, -0.25) is 14.4 Å². The number of hydrogen-bond donors (Lipinski definition) is 2. The van der Waals surface area contributed by atoms with E-state index in [2.05, 4.69) is 10.6 Å². The summed E-state index contributed by atoms with van der Waals surface area (Å²) in [6, 6.07) is 12.2. The van der Waals surface area contributed by atoms with E-state index in [0.717, 1.165) is 27.9 Å². The standard InChI is InChI=1S/C25H27N3O4/c1-15-11-17(3)23(18(4)12-15)27-22(29)14-28(5)25(31)19-9-8-16(2)20(13-19)26-24(30)21-7-6-10-32-21/h6-13H,14H2,1-5H3,(H,26,30)(H,27,29). The van der Waals surface area contributed by atoms with Gasteiger partial charge in [0, 0.05) is 24.0 Å². The highest BCUT2D eigenvalue weighted by molar-refractivity contribution is 6.04. The zero-order valence-corrected chi connectivity index (χ0v) is 18.9. The van der Waals surface area contributed by atoms with Gasteiger partial charge in [0.25, 0.3) is 11.8 Å². The van der Waals surface area contributed by atoms with Gasteiger partial charge in [0.2, 0.25) is 5.91 Å². The maximum absolute atomic E-state index is 12.9. The van der Waals surface area contributed by atoms with Crippen LogP contribution in [-0.2, 0) is 4.79 Å². The molecule has 1 heterocycles. The van der Waals surface area contributed by atoms with Crippen LogP contribution in [-0.4, -0.2) is 36.2 Å². The summed E-state index contributed by atoms with van der Waals surface area (Å²) in [5.74, 6) is -0.837. The van der Waals surface area contributed by atoms with Crippen molar-refractivity contribution in [2.75, 3.05) is 24.2 Å². The first-order valence-electron chi connectivity index (χ1n) is 10.2. The van der Waals surface area contributed by atoms with E-state index in [1.807, 2.05) is 39.8 Å². The zero-order chi connectivity index (χ0) is 23.4. The van der Waals surface area contributed by atoms with Crippen molar-refractivity contribution in [3.05, 3.63) is 82.3 Å². The molecule has 0 spiro atoms. The number of benzene rings is 2. The Labute approximate surface area is 187 Å². The quantitative estimate of drug-likeness (QED) is 0.600. The monoisotopic (exact) mass is 433 g/mol. The predicted molar refractivity (Wildman–Crippen MR) is 124 cm³/mol. The van der Waals surface area contributed by atoms with E-state index in [9.17, 15) is 14.4 Å². The third-order valence-corrected chi connectivity index (χ3v) is 5.15. The average molecular weight is 434 g/mol. The largest absolute Gasteiger partial charge is 0.459 e. The fourth-order valence-corrected chi connectivity index (χ4v) is 3.55. The number of aryl methyl sites for hydroxylation is 4. The molecule has 0 saturated carbocycles. The number of likely N-dealkylation sites (N-methyl/N-ethyl adjacent to an activating group) is 1. The predicted octanol–water partition coefficient (Wildman–Crippen LogP) is 4.48. The molecule has 0 bridgehead atoms. The van der Waals surface area contributed by atoms with Gasteiger partial charge in [-0.1, -0.05) is 23.8 Å². The lowest BCUT2D eigenvalue weighted by Crippen LogP contribution is -2.35. The number of amides is 3. The first kappa shape index (κ1) is 22.8. The van der Waals surface area contributed by atoms with Gasteiger partial charge >= 0.3 is 0 Å². The van der Waals surface area contributed by atoms with Crippen molar-refractivity contribution in [2.45, 2.75) is 27.7 Å². The number of hydrogen-bond acceptors (Lipinski definition) is 4. The highest BCUT2D eigenvalue weighted by Crippen LogP contribution is 2.22. The molecule has 0 aliphatic rings. The molecule has 0 fully saturated rings. The van der Waals surface area contributed by atoms with Gasteiger partial charge in [-0.05, 0) is 68.7 Å². The lowest BCUT2D eigenvalue weighted by molar-refractivity contribution is -0.116. The summed E-state index contributed by atoms with van der Waals surface area (Å²) in [6.45, 7) is 7.61. The van der Waals surface area contributed by atoms with Crippen molar-refractivity contribution < 1.29 is 18.8 Å². The molecule has 7 heteroatoms.